The fourth-order valence-corrected chi connectivity index (χ4v) is 5.44. The second-order valence-corrected chi connectivity index (χ2v) is 11.7. The number of hydrogen-bond donors (Lipinski definition) is 1. The molecule has 38 heavy (non-hydrogen) atoms. The van der Waals surface area contributed by atoms with Gasteiger partial charge in [0.15, 0.2) is 0 Å². The van der Waals surface area contributed by atoms with E-state index < -0.39 is 40.2 Å². The predicted octanol–water partition coefficient (Wildman–Crippen LogP) is 5.04. The zero-order valence-electron chi connectivity index (χ0n) is 21.5. The number of carbonyl (C=O) groups is 2. The average molecular weight is 605 g/mol. The van der Waals surface area contributed by atoms with E-state index in [1.165, 1.54) is 35.2 Å². The van der Waals surface area contributed by atoms with Gasteiger partial charge in [0.25, 0.3) is 10.0 Å². The van der Waals surface area contributed by atoms with Crippen LogP contribution in [0.25, 0.3) is 0 Å². The fraction of sp³-hybridized carbons (Fsp3) is 0.286. The van der Waals surface area contributed by atoms with E-state index in [-0.39, 0.29) is 22.7 Å². The lowest BCUT2D eigenvalue weighted by atomic mass is 10.1. The Morgan fingerprint density at radius 1 is 1.00 bits per heavy atom. The molecule has 1 atom stereocenters. The minimum atomic E-state index is -4.16. The topological polar surface area (TPSA) is 86.8 Å². The van der Waals surface area contributed by atoms with Gasteiger partial charge in [0, 0.05) is 23.1 Å². The molecule has 202 valence electrons. The Labute approximate surface area is 231 Å². The molecular weight excluding hydrogens is 573 g/mol. The predicted molar refractivity (Wildman–Crippen MR) is 150 cm³/mol. The number of hydrogen-bond acceptors (Lipinski definition) is 4. The van der Waals surface area contributed by atoms with Crippen LogP contribution in [0.5, 0.6) is 0 Å². The van der Waals surface area contributed by atoms with E-state index in [0.717, 1.165) is 14.3 Å². The van der Waals surface area contributed by atoms with Gasteiger partial charge >= 0.3 is 0 Å². The summed E-state index contributed by atoms with van der Waals surface area (Å²) in [6.45, 7) is 4.92. The van der Waals surface area contributed by atoms with Crippen LogP contribution >= 0.6 is 15.9 Å². The first-order valence-corrected chi connectivity index (χ1v) is 14.4. The summed E-state index contributed by atoms with van der Waals surface area (Å²) in [4.78, 5) is 27.8. The standard InChI is InChI=1S/C28H31BrFN3O4S/c1-4-17-31-28(35)21(3)32(18-22-7-5-6-8-26(22)30)27(34)19-33(24-13-11-23(29)12-14-24)38(36,37)25-15-9-20(2)10-16-25/h5-16,21H,4,17-19H2,1-3H3,(H,31,35)/t21-/m0/s1. The van der Waals surface area contributed by atoms with E-state index >= 15 is 0 Å². The van der Waals surface area contributed by atoms with Crippen molar-refractivity contribution in [2.24, 2.45) is 0 Å². The van der Waals surface area contributed by atoms with Gasteiger partial charge in [-0.3, -0.25) is 13.9 Å². The molecule has 3 rings (SSSR count). The maximum Gasteiger partial charge on any atom is 0.264 e. The van der Waals surface area contributed by atoms with Crippen LogP contribution in [0.1, 0.15) is 31.4 Å². The van der Waals surface area contributed by atoms with Crippen molar-refractivity contribution in [2.45, 2.75) is 44.7 Å². The van der Waals surface area contributed by atoms with Crippen LogP contribution in [-0.4, -0.2) is 44.3 Å². The van der Waals surface area contributed by atoms with Gasteiger partial charge < -0.3 is 10.2 Å². The molecule has 0 bridgehead atoms. The molecule has 0 radical (unpaired) electrons. The first-order chi connectivity index (χ1) is 18.0. The van der Waals surface area contributed by atoms with Gasteiger partial charge in [-0.2, -0.15) is 0 Å². The van der Waals surface area contributed by atoms with Crippen molar-refractivity contribution < 1.29 is 22.4 Å². The van der Waals surface area contributed by atoms with Gasteiger partial charge in [-0.05, 0) is 62.7 Å². The van der Waals surface area contributed by atoms with Gasteiger partial charge in [0.1, 0.15) is 18.4 Å². The number of nitrogens with one attached hydrogen (secondary N) is 1. The average Bonchev–Trinajstić information content (AvgIpc) is 2.90. The molecule has 0 heterocycles. The van der Waals surface area contributed by atoms with E-state index in [2.05, 4.69) is 21.2 Å². The molecular formula is C28H31BrFN3O4S. The van der Waals surface area contributed by atoms with Crippen LogP contribution in [0.2, 0.25) is 0 Å². The smallest absolute Gasteiger partial charge is 0.264 e. The van der Waals surface area contributed by atoms with Crippen molar-refractivity contribution in [3.8, 4) is 0 Å². The molecule has 3 aromatic carbocycles. The molecule has 0 aliphatic carbocycles. The van der Waals surface area contributed by atoms with Crippen LogP contribution in [0.4, 0.5) is 10.1 Å². The molecule has 2 amide bonds. The summed E-state index contributed by atoms with van der Waals surface area (Å²) in [5, 5.41) is 2.76. The molecule has 0 saturated carbocycles. The highest BCUT2D eigenvalue weighted by atomic mass is 79.9. The zero-order chi connectivity index (χ0) is 27.9. The number of carbonyl (C=O) groups excluding carboxylic acids is 2. The Bertz CT molecular complexity index is 1370. The largest absolute Gasteiger partial charge is 0.354 e. The highest BCUT2D eigenvalue weighted by molar-refractivity contribution is 9.10. The third-order valence-electron chi connectivity index (χ3n) is 6.02. The van der Waals surface area contributed by atoms with Crippen molar-refractivity contribution >= 4 is 43.5 Å². The van der Waals surface area contributed by atoms with E-state index in [0.29, 0.717) is 13.0 Å². The van der Waals surface area contributed by atoms with E-state index in [1.807, 2.05) is 13.8 Å². The first-order valence-electron chi connectivity index (χ1n) is 12.2. The number of sulfonamides is 1. The number of amides is 2. The highest BCUT2D eigenvalue weighted by Crippen LogP contribution is 2.26. The van der Waals surface area contributed by atoms with E-state index in [4.69, 9.17) is 0 Å². The molecule has 0 aliphatic rings. The Morgan fingerprint density at radius 3 is 2.24 bits per heavy atom. The molecule has 0 fully saturated rings. The van der Waals surface area contributed by atoms with Gasteiger partial charge in [0.05, 0.1) is 10.6 Å². The lowest BCUT2D eigenvalue weighted by molar-refractivity contribution is -0.139. The van der Waals surface area contributed by atoms with Crippen LogP contribution in [0.3, 0.4) is 0 Å². The molecule has 0 saturated heterocycles. The summed E-state index contributed by atoms with van der Waals surface area (Å²) < 4.78 is 43.8. The number of benzene rings is 3. The molecule has 7 nitrogen and oxygen atoms in total. The number of aryl methyl sites for hydroxylation is 1. The van der Waals surface area contributed by atoms with Gasteiger partial charge in [0.2, 0.25) is 11.8 Å². The Hall–Kier alpha value is -3.24. The third kappa shape index (κ3) is 7.20. The molecule has 10 heteroatoms. The molecule has 1 N–H and O–H groups in total. The van der Waals surface area contributed by atoms with Gasteiger partial charge in [-0.25, -0.2) is 12.8 Å². The van der Waals surface area contributed by atoms with Crippen LogP contribution < -0.4 is 9.62 Å². The summed E-state index contributed by atoms with van der Waals surface area (Å²) in [6, 6.07) is 17.9. The van der Waals surface area contributed by atoms with E-state index in [1.54, 1.807) is 49.4 Å². The maximum atomic E-state index is 14.5. The molecule has 0 aliphatic heterocycles. The number of rotatable bonds is 11. The summed E-state index contributed by atoms with van der Waals surface area (Å²) in [5.41, 5.74) is 1.38. The van der Waals surface area contributed by atoms with Gasteiger partial charge in [-0.1, -0.05) is 58.7 Å². The summed E-state index contributed by atoms with van der Waals surface area (Å²) >= 11 is 3.35. The lowest BCUT2D eigenvalue weighted by Crippen LogP contribution is -2.51. The highest BCUT2D eigenvalue weighted by Gasteiger charge is 2.32. The van der Waals surface area contributed by atoms with Gasteiger partial charge in [-0.15, -0.1) is 0 Å². The van der Waals surface area contributed by atoms with Crippen molar-refractivity contribution in [2.75, 3.05) is 17.4 Å². The minimum absolute atomic E-state index is 0.0215. The quantitative estimate of drug-likeness (QED) is 0.333. The van der Waals surface area contributed by atoms with Crippen LogP contribution in [-0.2, 0) is 26.2 Å². The molecule has 3 aromatic rings. The Balaban J connectivity index is 2.02. The summed E-state index contributed by atoms with van der Waals surface area (Å²) in [5.74, 6) is -1.58. The van der Waals surface area contributed by atoms with Crippen LogP contribution in [0, 0.1) is 12.7 Å². The Kier molecular flexibility index (Phi) is 10.0. The molecule has 0 spiro atoms. The molecule has 0 unspecified atom stereocenters. The zero-order valence-corrected chi connectivity index (χ0v) is 23.9. The minimum Gasteiger partial charge on any atom is -0.354 e. The van der Waals surface area contributed by atoms with E-state index in [9.17, 15) is 22.4 Å². The van der Waals surface area contributed by atoms with Crippen molar-refractivity contribution in [1.82, 2.24) is 10.2 Å². The summed E-state index contributed by atoms with van der Waals surface area (Å²) in [7, 11) is -4.16. The lowest BCUT2D eigenvalue weighted by Gasteiger charge is -2.32. The van der Waals surface area contributed by atoms with Crippen molar-refractivity contribution in [1.29, 1.82) is 0 Å². The first kappa shape index (κ1) is 29.3. The van der Waals surface area contributed by atoms with Crippen molar-refractivity contribution in [3.63, 3.8) is 0 Å². The van der Waals surface area contributed by atoms with Crippen LogP contribution in [0.15, 0.2) is 82.2 Å². The second-order valence-electron chi connectivity index (χ2n) is 8.88. The third-order valence-corrected chi connectivity index (χ3v) is 8.33. The number of halogens is 2. The monoisotopic (exact) mass is 603 g/mol. The molecule has 0 aromatic heterocycles. The fourth-order valence-electron chi connectivity index (χ4n) is 3.76. The summed E-state index contributed by atoms with van der Waals surface area (Å²) in [6.07, 6.45) is 0.700. The SMILES string of the molecule is CCCNC(=O)[C@H](C)N(Cc1ccccc1F)C(=O)CN(c1ccc(Br)cc1)S(=O)(=O)c1ccc(C)cc1. The van der Waals surface area contributed by atoms with Crippen molar-refractivity contribution in [3.05, 3.63) is 94.2 Å². The number of nitrogens with zero attached hydrogens (tertiary/aromatic N) is 2. The number of anilines is 1. The maximum absolute atomic E-state index is 14.5. The normalized spacial score (nSPS) is 12.0. The Morgan fingerprint density at radius 2 is 1.63 bits per heavy atom. The second kappa shape index (κ2) is 13.0.